The second-order valence-corrected chi connectivity index (χ2v) is 6.29. The van der Waals surface area contributed by atoms with Crippen molar-refractivity contribution >= 4 is 17.5 Å². The predicted octanol–water partition coefficient (Wildman–Crippen LogP) is 2.87. The van der Waals surface area contributed by atoms with Gasteiger partial charge in [0.2, 0.25) is 0 Å². The fourth-order valence-corrected chi connectivity index (χ4v) is 2.50. The normalized spacial score (nSPS) is 13.0. The fraction of sp³-hybridized carbons (Fsp3) is 0.300. The largest absolute Gasteiger partial charge is 0.388 e. The molecule has 0 heterocycles. The summed E-state index contributed by atoms with van der Waals surface area (Å²) in [5.74, 6) is -1.43. The number of hydrogen-bond donors (Lipinski definition) is 3. The summed E-state index contributed by atoms with van der Waals surface area (Å²) in [6.45, 7) is 5.68. The topological polar surface area (TPSA) is 78.4 Å². The highest BCUT2D eigenvalue weighted by molar-refractivity contribution is 6.39. The Morgan fingerprint density at radius 2 is 1.68 bits per heavy atom. The van der Waals surface area contributed by atoms with Crippen molar-refractivity contribution in [3.63, 3.8) is 0 Å². The molecule has 132 valence electrons. The lowest BCUT2D eigenvalue weighted by atomic mass is 10.0. The van der Waals surface area contributed by atoms with Crippen molar-refractivity contribution in [2.24, 2.45) is 0 Å². The molecule has 2 aromatic rings. The van der Waals surface area contributed by atoms with Gasteiger partial charge in [-0.3, -0.25) is 9.59 Å². The average molecular weight is 340 g/mol. The Hall–Kier alpha value is -2.66. The lowest BCUT2D eigenvalue weighted by Gasteiger charge is -2.18. The highest BCUT2D eigenvalue weighted by atomic mass is 16.3. The van der Waals surface area contributed by atoms with E-state index in [2.05, 4.69) is 10.6 Å². The van der Waals surface area contributed by atoms with Gasteiger partial charge in [-0.05, 0) is 56.0 Å². The van der Waals surface area contributed by atoms with Crippen molar-refractivity contribution < 1.29 is 14.7 Å². The molecule has 25 heavy (non-hydrogen) atoms. The monoisotopic (exact) mass is 340 g/mol. The van der Waals surface area contributed by atoms with Crippen LogP contribution in [0.3, 0.4) is 0 Å². The Bertz CT molecular complexity index is 744. The SMILES string of the molecule is Cc1ccc(NC(=O)C(=O)NC(C)CC(O)c2ccccc2)cc1C. The molecule has 3 N–H and O–H groups in total. The van der Waals surface area contributed by atoms with Crippen LogP contribution in [-0.2, 0) is 9.59 Å². The van der Waals surface area contributed by atoms with E-state index in [1.807, 2.05) is 56.3 Å². The maximum Gasteiger partial charge on any atom is 0.313 e. The zero-order chi connectivity index (χ0) is 18.4. The summed E-state index contributed by atoms with van der Waals surface area (Å²) in [5.41, 5.74) is 3.52. The number of rotatable bonds is 5. The van der Waals surface area contributed by atoms with Gasteiger partial charge in [0.15, 0.2) is 0 Å². The van der Waals surface area contributed by atoms with E-state index in [1.54, 1.807) is 13.0 Å². The standard InChI is InChI=1S/C20H24N2O3/c1-13-9-10-17(11-14(13)2)22-20(25)19(24)21-15(3)12-18(23)16-7-5-4-6-8-16/h4-11,15,18,23H,12H2,1-3H3,(H,21,24)(H,22,25). The summed E-state index contributed by atoms with van der Waals surface area (Å²) in [7, 11) is 0. The zero-order valence-electron chi connectivity index (χ0n) is 14.7. The molecule has 0 bridgehead atoms. The van der Waals surface area contributed by atoms with Gasteiger partial charge in [-0.25, -0.2) is 0 Å². The van der Waals surface area contributed by atoms with Gasteiger partial charge in [0.05, 0.1) is 6.10 Å². The smallest absolute Gasteiger partial charge is 0.313 e. The number of aliphatic hydroxyl groups excluding tert-OH is 1. The Balaban J connectivity index is 1.87. The molecule has 5 heteroatoms. The second kappa shape index (κ2) is 8.44. The molecule has 2 amide bonds. The van der Waals surface area contributed by atoms with Gasteiger partial charge in [-0.2, -0.15) is 0 Å². The molecule has 2 aromatic carbocycles. The Morgan fingerprint density at radius 1 is 1.00 bits per heavy atom. The number of aliphatic hydroxyl groups is 1. The third-order valence-electron chi connectivity index (χ3n) is 4.11. The van der Waals surface area contributed by atoms with E-state index in [0.717, 1.165) is 16.7 Å². The van der Waals surface area contributed by atoms with Crippen molar-refractivity contribution in [2.45, 2.75) is 39.3 Å². The van der Waals surface area contributed by atoms with Gasteiger partial charge in [-0.1, -0.05) is 36.4 Å². The van der Waals surface area contributed by atoms with Gasteiger partial charge >= 0.3 is 11.8 Å². The summed E-state index contributed by atoms with van der Waals surface area (Å²) < 4.78 is 0. The first-order valence-electron chi connectivity index (χ1n) is 8.29. The number of carbonyl (C=O) groups is 2. The van der Waals surface area contributed by atoms with Gasteiger partial charge in [0.25, 0.3) is 0 Å². The first-order valence-corrected chi connectivity index (χ1v) is 8.29. The molecule has 0 radical (unpaired) electrons. The molecule has 0 aliphatic rings. The number of hydrogen-bond acceptors (Lipinski definition) is 3. The van der Waals surface area contributed by atoms with Gasteiger partial charge in [-0.15, -0.1) is 0 Å². The fourth-order valence-electron chi connectivity index (χ4n) is 2.50. The minimum Gasteiger partial charge on any atom is -0.388 e. The highest BCUT2D eigenvalue weighted by Gasteiger charge is 2.19. The number of nitrogens with one attached hydrogen (secondary N) is 2. The number of amides is 2. The highest BCUT2D eigenvalue weighted by Crippen LogP contribution is 2.18. The molecule has 0 fully saturated rings. The van der Waals surface area contributed by atoms with Gasteiger partial charge in [0.1, 0.15) is 0 Å². The van der Waals surface area contributed by atoms with E-state index in [4.69, 9.17) is 0 Å². The van der Waals surface area contributed by atoms with Crippen LogP contribution in [0.5, 0.6) is 0 Å². The molecule has 5 nitrogen and oxygen atoms in total. The minimum absolute atomic E-state index is 0.326. The van der Waals surface area contributed by atoms with Crippen molar-refractivity contribution in [3.05, 3.63) is 65.2 Å². The molecule has 0 aliphatic carbocycles. The number of aryl methyl sites for hydroxylation is 2. The van der Waals surface area contributed by atoms with Gasteiger partial charge in [0, 0.05) is 11.7 Å². The van der Waals surface area contributed by atoms with Crippen LogP contribution in [0.15, 0.2) is 48.5 Å². The molecule has 2 unspecified atom stereocenters. The van der Waals surface area contributed by atoms with Crippen LogP contribution < -0.4 is 10.6 Å². The number of benzene rings is 2. The third-order valence-corrected chi connectivity index (χ3v) is 4.11. The van der Waals surface area contributed by atoms with E-state index < -0.39 is 17.9 Å². The van der Waals surface area contributed by atoms with Crippen LogP contribution in [0.4, 0.5) is 5.69 Å². The van der Waals surface area contributed by atoms with Crippen LogP contribution >= 0.6 is 0 Å². The first kappa shape index (κ1) is 18.7. The van der Waals surface area contributed by atoms with Crippen LogP contribution in [0.25, 0.3) is 0 Å². The lowest BCUT2D eigenvalue weighted by Crippen LogP contribution is -2.41. The molecule has 0 spiro atoms. The Labute approximate surface area is 148 Å². The van der Waals surface area contributed by atoms with Crippen LogP contribution in [-0.4, -0.2) is 23.0 Å². The van der Waals surface area contributed by atoms with Gasteiger partial charge < -0.3 is 15.7 Å². The molecular weight excluding hydrogens is 316 g/mol. The van der Waals surface area contributed by atoms with Crippen LogP contribution in [0, 0.1) is 13.8 Å². The van der Waals surface area contributed by atoms with E-state index in [1.165, 1.54) is 0 Å². The van der Waals surface area contributed by atoms with E-state index in [0.29, 0.717) is 12.1 Å². The molecule has 2 atom stereocenters. The molecule has 0 saturated heterocycles. The second-order valence-electron chi connectivity index (χ2n) is 6.29. The zero-order valence-corrected chi connectivity index (χ0v) is 14.7. The Morgan fingerprint density at radius 3 is 2.32 bits per heavy atom. The summed E-state index contributed by atoms with van der Waals surface area (Å²) >= 11 is 0. The van der Waals surface area contributed by atoms with Crippen molar-refractivity contribution in [1.82, 2.24) is 5.32 Å². The van der Waals surface area contributed by atoms with Crippen LogP contribution in [0.1, 0.15) is 36.1 Å². The first-order chi connectivity index (χ1) is 11.9. The molecule has 2 rings (SSSR count). The summed E-state index contributed by atoms with van der Waals surface area (Å²) in [6.07, 6.45) is -0.369. The average Bonchev–Trinajstić information content (AvgIpc) is 2.58. The third kappa shape index (κ3) is 5.43. The van der Waals surface area contributed by atoms with Crippen molar-refractivity contribution in [2.75, 3.05) is 5.32 Å². The van der Waals surface area contributed by atoms with Crippen LogP contribution in [0.2, 0.25) is 0 Å². The summed E-state index contributed by atoms with van der Waals surface area (Å²) in [6, 6.07) is 14.3. The molecule has 0 saturated carbocycles. The Kier molecular flexibility index (Phi) is 6.31. The molecule has 0 aliphatic heterocycles. The minimum atomic E-state index is -0.718. The maximum absolute atomic E-state index is 12.0. The molecule has 0 aromatic heterocycles. The predicted molar refractivity (Wildman–Crippen MR) is 98.2 cm³/mol. The van der Waals surface area contributed by atoms with E-state index in [-0.39, 0.29) is 6.04 Å². The van der Waals surface area contributed by atoms with E-state index in [9.17, 15) is 14.7 Å². The van der Waals surface area contributed by atoms with Crippen molar-refractivity contribution in [3.8, 4) is 0 Å². The number of carbonyl (C=O) groups excluding carboxylic acids is 2. The maximum atomic E-state index is 12.0. The molecular formula is C20H24N2O3. The summed E-state index contributed by atoms with van der Waals surface area (Å²) in [4.78, 5) is 24.0. The quantitative estimate of drug-likeness (QED) is 0.732. The van der Waals surface area contributed by atoms with E-state index >= 15 is 0 Å². The summed E-state index contributed by atoms with van der Waals surface area (Å²) in [5, 5.41) is 15.4. The number of anilines is 1. The lowest BCUT2D eigenvalue weighted by molar-refractivity contribution is -0.136. The van der Waals surface area contributed by atoms with Crippen molar-refractivity contribution in [1.29, 1.82) is 0 Å².